The zero-order valence-electron chi connectivity index (χ0n) is 12.9. The van der Waals surface area contributed by atoms with Gasteiger partial charge in [-0.15, -0.1) is 0 Å². The number of amides is 1. The van der Waals surface area contributed by atoms with Crippen LogP contribution in [0.5, 0.6) is 5.75 Å². The van der Waals surface area contributed by atoms with Gasteiger partial charge >= 0.3 is 0 Å². The highest BCUT2D eigenvalue weighted by Gasteiger charge is 2.17. The molecule has 0 aromatic heterocycles. The fourth-order valence-electron chi connectivity index (χ4n) is 3.14. The molecule has 3 rings (SSSR count). The third-order valence-electron chi connectivity index (χ3n) is 4.38. The molecule has 2 N–H and O–H groups in total. The Labute approximate surface area is 131 Å². The summed E-state index contributed by atoms with van der Waals surface area (Å²) in [7, 11) is 0. The summed E-state index contributed by atoms with van der Waals surface area (Å²) in [6.45, 7) is 2.07. The summed E-state index contributed by atoms with van der Waals surface area (Å²) in [5, 5.41) is 6.34. The SMILES string of the molecule is O=C(COc1ccc(C2=CCNCC2)cc1)NC1CCCC1. The van der Waals surface area contributed by atoms with Crippen LogP contribution in [0.15, 0.2) is 30.3 Å². The lowest BCUT2D eigenvalue weighted by Gasteiger charge is -2.15. The van der Waals surface area contributed by atoms with Gasteiger partial charge in [0.2, 0.25) is 0 Å². The predicted octanol–water partition coefficient (Wildman–Crippen LogP) is 2.50. The number of ether oxygens (including phenoxy) is 1. The maximum absolute atomic E-state index is 11.8. The molecule has 0 bridgehead atoms. The summed E-state index contributed by atoms with van der Waals surface area (Å²) in [5.74, 6) is 0.733. The first-order valence-corrected chi connectivity index (χ1v) is 8.23. The summed E-state index contributed by atoms with van der Waals surface area (Å²) in [4.78, 5) is 11.8. The van der Waals surface area contributed by atoms with Gasteiger partial charge in [-0.25, -0.2) is 0 Å². The van der Waals surface area contributed by atoms with E-state index in [0.717, 1.165) is 38.1 Å². The molecule has 118 valence electrons. The van der Waals surface area contributed by atoms with Gasteiger partial charge < -0.3 is 15.4 Å². The molecule has 1 amide bonds. The van der Waals surface area contributed by atoms with Crippen molar-refractivity contribution in [2.75, 3.05) is 19.7 Å². The monoisotopic (exact) mass is 300 g/mol. The zero-order valence-corrected chi connectivity index (χ0v) is 12.9. The maximum atomic E-state index is 11.8. The second-order valence-corrected chi connectivity index (χ2v) is 6.05. The third kappa shape index (κ3) is 4.10. The van der Waals surface area contributed by atoms with Gasteiger partial charge in [-0.2, -0.15) is 0 Å². The summed E-state index contributed by atoms with van der Waals surface area (Å²) >= 11 is 0. The smallest absolute Gasteiger partial charge is 0.258 e. The molecular weight excluding hydrogens is 276 g/mol. The van der Waals surface area contributed by atoms with Gasteiger partial charge in [0.25, 0.3) is 5.91 Å². The molecule has 1 saturated carbocycles. The van der Waals surface area contributed by atoms with E-state index in [1.54, 1.807) is 0 Å². The molecule has 2 aliphatic rings. The van der Waals surface area contributed by atoms with E-state index in [0.29, 0.717) is 6.04 Å². The van der Waals surface area contributed by atoms with Gasteiger partial charge in [-0.1, -0.05) is 31.1 Å². The second kappa shape index (κ2) is 7.45. The van der Waals surface area contributed by atoms with Crippen LogP contribution in [0.25, 0.3) is 5.57 Å². The fraction of sp³-hybridized carbons (Fsp3) is 0.500. The van der Waals surface area contributed by atoms with Gasteiger partial charge in [0.05, 0.1) is 0 Å². The van der Waals surface area contributed by atoms with Gasteiger partial charge in [-0.05, 0) is 49.1 Å². The summed E-state index contributed by atoms with van der Waals surface area (Å²) in [6.07, 6.45) is 7.94. The van der Waals surface area contributed by atoms with Crippen molar-refractivity contribution in [2.45, 2.75) is 38.1 Å². The van der Waals surface area contributed by atoms with Crippen LogP contribution in [0.1, 0.15) is 37.7 Å². The van der Waals surface area contributed by atoms with E-state index in [-0.39, 0.29) is 12.5 Å². The minimum atomic E-state index is -0.0166. The van der Waals surface area contributed by atoms with Crippen LogP contribution in [0.3, 0.4) is 0 Å². The van der Waals surface area contributed by atoms with Gasteiger partial charge in [-0.3, -0.25) is 4.79 Å². The predicted molar refractivity (Wildman–Crippen MR) is 87.8 cm³/mol. The number of hydrogen-bond acceptors (Lipinski definition) is 3. The Balaban J connectivity index is 1.48. The molecule has 22 heavy (non-hydrogen) atoms. The Morgan fingerprint density at radius 1 is 1.23 bits per heavy atom. The topological polar surface area (TPSA) is 50.4 Å². The first-order chi connectivity index (χ1) is 10.8. The number of rotatable bonds is 5. The molecule has 0 atom stereocenters. The normalized spacial score (nSPS) is 18.8. The molecule has 1 fully saturated rings. The average Bonchev–Trinajstić information content (AvgIpc) is 3.07. The Morgan fingerprint density at radius 2 is 2.00 bits per heavy atom. The molecule has 1 aliphatic heterocycles. The molecule has 0 unspecified atom stereocenters. The van der Waals surface area contributed by atoms with E-state index >= 15 is 0 Å². The summed E-state index contributed by atoms with van der Waals surface area (Å²) in [5.41, 5.74) is 2.62. The minimum Gasteiger partial charge on any atom is -0.484 e. The molecule has 4 nitrogen and oxygen atoms in total. The first kappa shape index (κ1) is 15.1. The highest BCUT2D eigenvalue weighted by molar-refractivity contribution is 5.77. The molecule has 4 heteroatoms. The fourth-order valence-corrected chi connectivity index (χ4v) is 3.14. The van der Waals surface area contributed by atoms with Crippen molar-refractivity contribution in [3.8, 4) is 5.75 Å². The second-order valence-electron chi connectivity index (χ2n) is 6.05. The van der Waals surface area contributed by atoms with Crippen LogP contribution < -0.4 is 15.4 Å². The van der Waals surface area contributed by atoms with Crippen LogP contribution in [-0.4, -0.2) is 31.6 Å². The van der Waals surface area contributed by atoms with Crippen molar-refractivity contribution < 1.29 is 9.53 Å². The van der Waals surface area contributed by atoms with Crippen molar-refractivity contribution in [1.82, 2.24) is 10.6 Å². The Morgan fingerprint density at radius 3 is 2.68 bits per heavy atom. The van der Waals surface area contributed by atoms with E-state index in [1.807, 2.05) is 12.1 Å². The molecular formula is C18H24N2O2. The van der Waals surface area contributed by atoms with Crippen molar-refractivity contribution in [3.05, 3.63) is 35.9 Å². The molecule has 0 saturated heterocycles. The largest absolute Gasteiger partial charge is 0.484 e. The van der Waals surface area contributed by atoms with Crippen LogP contribution >= 0.6 is 0 Å². The van der Waals surface area contributed by atoms with Crippen LogP contribution in [0, 0.1) is 0 Å². The molecule has 1 aromatic rings. The van der Waals surface area contributed by atoms with E-state index in [4.69, 9.17) is 4.74 Å². The van der Waals surface area contributed by atoms with E-state index < -0.39 is 0 Å². The lowest BCUT2D eigenvalue weighted by atomic mass is 10.0. The lowest BCUT2D eigenvalue weighted by molar-refractivity contribution is -0.123. The number of hydrogen-bond donors (Lipinski definition) is 2. The van der Waals surface area contributed by atoms with Crippen LogP contribution in [0.4, 0.5) is 0 Å². The van der Waals surface area contributed by atoms with Crippen molar-refractivity contribution >= 4 is 11.5 Å². The molecule has 0 radical (unpaired) electrons. The van der Waals surface area contributed by atoms with E-state index in [2.05, 4.69) is 28.8 Å². The summed E-state index contributed by atoms with van der Waals surface area (Å²) < 4.78 is 5.58. The first-order valence-electron chi connectivity index (χ1n) is 8.23. The number of carbonyl (C=O) groups excluding carboxylic acids is 1. The van der Waals surface area contributed by atoms with Crippen LogP contribution in [-0.2, 0) is 4.79 Å². The molecule has 1 aliphatic carbocycles. The molecule has 1 heterocycles. The Bertz CT molecular complexity index is 531. The van der Waals surface area contributed by atoms with Gasteiger partial charge in [0.1, 0.15) is 5.75 Å². The van der Waals surface area contributed by atoms with Gasteiger partial charge in [0, 0.05) is 12.6 Å². The molecule has 1 aromatic carbocycles. The Kier molecular flexibility index (Phi) is 5.11. The number of benzene rings is 1. The average molecular weight is 300 g/mol. The number of nitrogens with one attached hydrogen (secondary N) is 2. The van der Waals surface area contributed by atoms with Crippen molar-refractivity contribution in [2.24, 2.45) is 0 Å². The highest BCUT2D eigenvalue weighted by Crippen LogP contribution is 2.22. The van der Waals surface area contributed by atoms with Crippen molar-refractivity contribution in [1.29, 1.82) is 0 Å². The quantitative estimate of drug-likeness (QED) is 0.878. The third-order valence-corrected chi connectivity index (χ3v) is 4.38. The lowest BCUT2D eigenvalue weighted by Crippen LogP contribution is -2.36. The summed E-state index contributed by atoms with van der Waals surface area (Å²) in [6, 6.07) is 8.38. The highest BCUT2D eigenvalue weighted by atomic mass is 16.5. The minimum absolute atomic E-state index is 0.0166. The van der Waals surface area contributed by atoms with Crippen molar-refractivity contribution in [3.63, 3.8) is 0 Å². The Hall–Kier alpha value is -1.81. The maximum Gasteiger partial charge on any atom is 0.258 e. The van der Waals surface area contributed by atoms with Gasteiger partial charge in [0.15, 0.2) is 6.61 Å². The van der Waals surface area contributed by atoms with Crippen LogP contribution in [0.2, 0.25) is 0 Å². The van der Waals surface area contributed by atoms with E-state index in [1.165, 1.54) is 24.0 Å². The van der Waals surface area contributed by atoms with E-state index in [9.17, 15) is 4.79 Å². The molecule has 0 spiro atoms. The number of carbonyl (C=O) groups is 1. The zero-order chi connectivity index (χ0) is 15.2. The standard InChI is InChI=1S/C18H24N2O2/c21-18(20-16-3-1-2-4-16)13-22-17-7-5-14(6-8-17)15-9-11-19-12-10-15/h5-9,16,19H,1-4,10-13H2,(H,20,21).